The summed E-state index contributed by atoms with van der Waals surface area (Å²) in [6, 6.07) is 4.93. The maximum absolute atomic E-state index is 12.7. The molecule has 12 heavy (non-hydrogen) atoms. The van der Waals surface area contributed by atoms with Crippen molar-refractivity contribution in [3.05, 3.63) is 35.1 Å². The molecule has 1 aromatic rings. The molecule has 0 amide bonds. The van der Waals surface area contributed by atoms with Gasteiger partial charge in [-0.25, -0.2) is 4.39 Å². The van der Waals surface area contributed by atoms with Gasteiger partial charge in [0.05, 0.1) is 0 Å². The molecule has 68 valence electrons. The first-order valence-corrected chi connectivity index (χ1v) is 3.63. The number of aryl methyl sites for hydroxylation is 1. The highest BCUT2D eigenvalue weighted by atomic mass is 35.5. The molecule has 2 N–H and O–H groups in total. The van der Waals surface area contributed by atoms with Crippen LogP contribution in [-0.2, 0) is 0 Å². The van der Waals surface area contributed by atoms with Crippen LogP contribution in [0.2, 0.25) is 0 Å². The molecule has 1 nitrogen and oxygen atoms in total. The van der Waals surface area contributed by atoms with Gasteiger partial charge >= 0.3 is 0 Å². The van der Waals surface area contributed by atoms with Gasteiger partial charge in [-0.05, 0) is 31.0 Å². The number of nitrogens with two attached hydrogens (primary N) is 1. The Morgan fingerprint density at radius 1 is 1.42 bits per heavy atom. The average Bonchev–Trinajstić information content (AvgIpc) is 1.94. The molecule has 0 bridgehead atoms. The summed E-state index contributed by atoms with van der Waals surface area (Å²) in [6.07, 6.45) is 0. The Kier molecular flexibility index (Phi) is 4.21. The lowest BCUT2D eigenvalue weighted by molar-refractivity contribution is 0.616. The number of halogens is 2. The van der Waals surface area contributed by atoms with Gasteiger partial charge in [-0.1, -0.05) is 12.1 Å². The molecule has 0 saturated carbocycles. The van der Waals surface area contributed by atoms with Crippen LogP contribution in [0, 0.1) is 12.7 Å². The van der Waals surface area contributed by atoms with Crippen molar-refractivity contribution < 1.29 is 4.39 Å². The first kappa shape index (κ1) is 11.4. The molecule has 0 aliphatic rings. The zero-order chi connectivity index (χ0) is 8.43. The van der Waals surface area contributed by atoms with Gasteiger partial charge in [-0.15, -0.1) is 12.4 Å². The average molecular weight is 190 g/mol. The maximum atomic E-state index is 12.7. The molecule has 1 aromatic carbocycles. The summed E-state index contributed by atoms with van der Waals surface area (Å²) in [6.45, 7) is 3.62. The zero-order valence-electron chi connectivity index (χ0n) is 7.17. The van der Waals surface area contributed by atoms with Crippen molar-refractivity contribution in [3.63, 3.8) is 0 Å². The molecule has 0 heterocycles. The van der Waals surface area contributed by atoms with Crippen LogP contribution in [0.1, 0.15) is 24.1 Å². The van der Waals surface area contributed by atoms with Crippen LogP contribution in [-0.4, -0.2) is 0 Å². The van der Waals surface area contributed by atoms with E-state index in [2.05, 4.69) is 0 Å². The fourth-order valence-electron chi connectivity index (χ4n) is 0.951. The molecule has 1 rings (SSSR count). The Labute approximate surface area is 78.2 Å². The van der Waals surface area contributed by atoms with E-state index in [0.717, 1.165) is 5.56 Å². The molecule has 0 aliphatic heterocycles. The highest BCUT2D eigenvalue weighted by Crippen LogP contribution is 2.13. The van der Waals surface area contributed by atoms with Crippen LogP contribution in [0.4, 0.5) is 4.39 Å². The van der Waals surface area contributed by atoms with Crippen molar-refractivity contribution >= 4 is 12.4 Å². The molecule has 0 unspecified atom stereocenters. The van der Waals surface area contributed by atoms with Crippen LogP contribution in [0.25, 0.3) is 0 Å². The van der Waals surface area contributed by atoms with Gasteiger partial charge in [0.2, 0.25) is 0 Å². The van der Waals surface area contributed by atoms with E-state index in [1.807, 2.05) is 6.92 Å². The van der Waals surface area contributed by atoms with Gasteiger partial charge in [-0.3, -0.25) is 0 Å². The van der Waals surface area contributed by atoms with Crippen molar-refractivity contribution in [1.29, 1.82) is 0 Å². The van der Waals surface area contributed by atoms with E-state index in [9.17, 15) is 4.39 Å². The predicted molar refractivity (Wildman–Crippen MR) is 51.0 cm³/mol. The van der Waals surface area contributed by atoms with Crippen LogP contribution in [0.3, 0.4) is 0 Å². The van der Waals surface area contributed by atoms with E-state index in [4.69, 9.17) is 5.73 Å². The lowest BCUT2D eigenvalue weighted by Crippen LogP contribution is -2.05. The SMILES string of the molecule is Cc1cc([C@@H](C)N)ccc1F.Cl. The van der Waals surface area contributed by atoms with Crippen molar-refractivity contribution in [3.8, 4) is 0 Å². The molecular weight excluding hydrogens is 177 g/mol. The minimum atomic E-state index is -0.172. The fraction of sp³-hybridized carbons (Fsp3) is 0.333. The number of rotatable bonds is 1. The lowest BCUT2D eigenvalue weighted by atomic mass is 10.1. The highest BCUT2D eigenvalue weighted by molar-refractivity contribution is 5.85. The lowest BCUT2D eigenvalue weighted by Gasteiger charge is -2.05. The van der Waals surface area contributed by atoms with Crippen molar-refractivity contribution in [1.82, 2.24) is 0 Å². The second-order valence-electron chi connectivity index (χ2n) is 2.80. The van der Waals surface area contributed by atoms with Gasteiger partial charge in [0.25, 0.3) is 0 Å². The largest absolute Gasteiger partial charge is 0.324 e. The third-order valence-corrected chi connectivity index (χ3v) is 1.71. The number of hydrogen-bond donors (Lipinski definition) is 1. The second kappa shape index (κ2) is 4.43. The summed E-state index contributed by atoms with van der Waals surface area (Å²) in [5, 5.41) is 0. The summed E-state index contributed by atoms with van der Waals surface area (Å²) in [5.74, 6) is -0.172. The normalized spacial score (nSPS) is 12.0. The van der Waals surface area contributed by atoms with E-state index in [-0.39, 0.29) is 24.3 Å². The zero-order valence-corrected chi connectivity index (χ0v) is 7.99. The summed E-state index contributed by atoms with van der Waals surface area (Å²) < 4.78 is 12.7. The minimum Gasteiger partial charge on any atom is -0.324 e. The van der Waals surface area contributed by atoms with Crippen LogP contribution in [0.5, 0.6) is 0 Å². The van der Waals surface area contributed by atoms with Gasteiger partial charge in [0.1, 0.15) is 5.82 Å². The third kappa shape index (κ3) is 2.47. The van der Waals surface area contributed by atoms with Crippen LogP contribution < -0.4 is 5.73 Å². The molecule has 0 fully saturated rings. The van der Waals surface area contributed by atoms with E-state index < -0.39 is 0 Å². The Hall–Kier alpha value is -0.600. The van der Waals surface area contributed by atoms with Crippen LogP contribution >= 0.6 is 12.4 Å². The fourth-order valence-corrected chi connectivity index (χ4v) is 0.951. The molecule has 3 heteroatoms. The topological polar surface area (TPSA) is 26.0 Å². The molecular formula is C9H13ClFN. The number of benzene rings is 1. The first-order valence-electron chi connectivity index (χ1n) is 3.63. The predicted octanol–water partition coefficient (Wildman–Crippen LogP) is 2.58. The van der Waals surface area contributed by atoms with Crippen molar-refractivity contribution in [2.45, 2.75) is 19.9 Å². The monoisotopic (exact) mass is 189 g/mol. The van der Waals surface area contributed by atoms with Gasteiger partial charge in [0.15, 0.2) is 0 Å². The molecule has 0 aromatic heterocycles. The molecule has 0 saturated heterocycles. The summed E-state index contributed by atoms with van der Waals surface area (Å²) in [4.78, 5) is 0. The Morgan fingerprint density at radius 2 is 2.00 bits per heavy atom. The van der Waals surface area contributed by atoms with E-state index in [1.165, 1.54) is 6.07 Å². The molecule has 0 radical (unpaired) electrons. The molecule has 0 aliphatic carbocycles. The summed E-state index contributed by atoms with van der Waals surface area (Å²) in [7, 11) is 0. The quantitative estimate of drug-likeness (QED) is 0.722. The van der Waals surface area contributed by atoms with Crippen LogP contribution in [0.15, 0.2) is 18.2 Å². The van der Waals surface area contributed by atoms with E-state index in [0.29, 0.717) is 5.56 Å². The minimum absolute atomic E-state index is 0. The standard InChI is InChI=1S/C9H12FN.ClH/c1-6-5-8(7(2)11)3-4-9(6)10;/h3-5,7H,11H2,1-2H3;1H/t7-;/m1./s1. The smallest absolute Gasteiger partial charge is 0.126 e. The molecule has 0 spiro atoms. The Morgan fingerprint density at radius 3 is 2.42 bits per heavy atom. The van der Waals surface area contributed by atoms with Crippen molar-refractivity contribution in [2.24, 2.45) is 5.73 Å². The highest BCUT2D eigenvalue weighted by Gasteiger charge is 2.01. The van der Waals surface area contributed by atoms with E-state index in [1.54, 1.807) is 19.1 Å². The Bertz CT molecular complexity index is 261. The number of hydrogen-bond acceptors (Lipinski definition) is 1. The third-order valence-electron chi connectivity index (χ3n) is 1.71. The first-order chi connectivity index (χ1) is 5.11. The van der Waals surface area contributed by atoms with Gasteiger partial charge in [-0.2, -0.15) is 0 Å². The van der Waals surface area contributed by atoms with E-state index >= 15 is 0 Å². The van der Waals surface area contributed by atoms with Gasteiger partial charge in [0, 0.05) is 6.04 Å². The summed E-state index contributed by atoms with van der Waals surface area (Å²) in [5.41, 5.74) is 7.24. The van der Waals surface area contributed by atoms with Gasteiger partial charge < -0.3 is 5.73 Å². The summed E-state index contributed by atoms with van der Waals surface area (Å²) >= 11 is 0. The Balaban J connectivity index is 0.00000121. The maximum Gasteiger partial charge on any atom is 0.126 e. The second-order valence-corrected chi connectivity index (χ2v) is 2.80. The van der Waals surface area contributed by atoms with Crippen molar-refractivity contribution in [2.75, 3.05) is 0 Å². The molecule has 1 atom stereocenters.